The summed E-state index contributed by atoms with van der Waals surface area (Å²) in [5.74, 6) is -3.09. The van der Waals surface area contributed by atoms with Crippen molar-refractivity contribution in [2.24, 2.45) is 30.7 Å². The zero-order valence-electron chi connectivity index (χ0n) is 31.5. The van der Waals surface area contributed by atoms with Gasteiger partial charge in [0.25, 0.3) is 30.4 Å². The molecule has 0 saturated carbocycles. The summed E-state index contributed by atoms with van der Waals surface area (Å²) in [6, 6.07) is 9.47. The molecule has 63 heavy (non-hydrogen) atoms. The summed E-state index contributed by atoms with van der Waals surface area (Å²) in [6.07, 6.45) is 0. The van der Waals surface area contributed by atoms with Crippen LogP contribution in [0, 0.1) is 0 Å². The highest BCUT2D eigenvalue weighted by molar-refractivity contribution is 7.92. The van der Waals surface area contributed by atoms with Crippen molar-refractivity contribution >= 4 is 113 Å². The number of phenolic OH excluding ortho intramolecular Hbond substituents is 1. The maximum absolute atomic E-state index is 12.8. The Kier molecular flexibility index (Phi) is 13.1. The number of azo groups is 3. The summed E-state index contributed by atoms with van der Waals surface area (Å²) in [5.41, 5.74) is 14.0. The van der Waals surface area contributed by atoms with Crippen molar-refractivity contribution in [1.82, 2.24) is 0 Å². The van der Waals surface area contributed by atoms with Crippen LogP contribution in [-0.2, 0) is 54.8 Å². The molecule has 0 radical (unpaired) electrons. The van der Waals surface area contributed by atoms with Gasteiger partial charge in [-0.3, -0.25) is 18.2 Å². The fourth-order valence-corrected chi connectivity index (χ4v) is 8.94. The Morgan fingerprint density at radius 3 is 1.75 bits per heavy atom. The number of ether oxygens (including phenoxy) is 2. The number of benzene rings is 5. The molecule has 5 rings (SSSR count). The van der Waals surface area contributed by atoms with E-state index in [1.807, 2.05) is 0 Å². The standard InChI is InChI=1S/C31H29N9O18S5/c1-56-22-12-25(59(42,43)13-58-63(53,54)55)23(57-2)10-19(22)37-40-31-28(33)20(11-26(29(31)34)62(50,51)52)38-35-15-4-6-18(24(8-15)61(47,48)49)36-39-30-17(32)5-3-14-7-16(60(44,45)46)9-21(41)27(14)30/h3-12,41H,13,32-34H2,1-2H3,(H,44,45,46)(H,47,48,49)(H,50,51,52)(H,53,54,55). The molecule has 0 aliphatic heterocycles. The van der Waals surface area contributed by atoms with Crippen LogP contribution in [-0.4, -0.2) is 85.6 Å². The Bertz CT molecular complexity index is 3380. The largest absolute Gasteiger partial charge is 0.507 e. The topological polar surface area (TPSA) is 452 Å². The van der Waals surface area contributed by atoms with Gasteiger partial charge < -0.3 is 31.8 Å². The lowest BCUT2D eigenvalue weighted by Gasteiger charge is -2.13. The molecule has 0 unspecified atom stereocenters. The summed E-state index contributed by atoms with van der Waals surface area (Å²) in [5, 5.41) is 33.5. The van der Waals surface area contributed by atoms with Gasteiger partial charge in [-0.2, -0.15) is 38.8 Å². The van der Waals surface area contributed by atoms with Crippen LogP contribution in [0.2, 0.25) is 0 Å². The minimum absolute atomic E-state index is 0.0244. The first-order valence-corrected chi connectivity index (χ1v) is 23.6. The molecule has 0 amide bonds. The number of phenols is 1. The normalized spacial score (nSPS) is 13.1. The van der Waals surface area contributed by atoms with Crippen LogP contribution >= 0.6 is 0 Å². The molecule has 0 aliphatic carbocycles. The summed E-state index contributed by atoms with van der Waals surface area (Å²) >= 11 is 0. The van der Waals surface area contributed by atoms with Crippen LogP contribution in [0.15, 0.2) is 111 Å². The fourth-order valence-electron chi connectivity index (χ4n) is 5.27. The second-order valence-electron chi connectivity index (χ2n) is 12.2. The highest BCUT2D eigenvalue weighted by Gasteiger charge is 2.27. The van der Waals surface area contributed by atoms with E-state index in [0.717, 1.165) is 50.6 Å². The Morgan fingerprint density at radius 1 is 0.556 bits per heavy atom. The predicted octanol–water partition coefficient (Wildman–Crippen LogP) is 4.85. The average Bonchev–Trinajstić information content (AvgIpc) is 3.17. The predicted molar refractivity (Wildman–Crippen MR) is 218 cm³/mol. The Labute approximate surface area is 355 Å². The molecular formula is C31H29N9O18S5. The maximum atomic E-state index is 12.8. The van der Waals surface area contributed by atoms with Gasteiger partial charge in [0.05, 0.1) is 47.3 Å². The van der Waals surface area contributed by atoms with Crippen LogP contribution in [0.4, 0.5) is 51.2 Å². The van der Waals surface area contributed by atoms with E-state index in [0.29, 0.717) is 12.1 Å². The molecule has 0 bridgehead atoms. The van der Waals surface area contributed by atoms with Gasteiger partial charge in [0.1, 0.15) is 60.4 Å². The molecule has 336 valence electrons. The number of sulfone groups is 1. The van der Waals surface area contributed by atoms with Gasteiger partial charge in [0, 0.05) is 18.2 Å². The van der Waals surface area contributed by atoms with E-state index in [9.17, 15) is 60.9 Å². The van der Waals surface area contributed by atoms with E-state index < -0.39 is 116 Å². The molecule has 27 nitrogen and oxygen atoms in total. The van der Waals surface area contributed by atoms with E-state index in [-0.39, 0.29) is 39.3 Å². The number of nitrogens with two attached hydrogens (primary N) is 3. The zero-order chi connectivity index (χ0) is 47.0. The molecule has 0 saturated heterocycles. The van der Waals surface area contributed by atoms with Crippen molar-refractivity contribution in [1.29, 1.82) is 0 Å². The first-order valence-electron chi connectivity index (χ1n) is 16.2. The monoisotopic (exact) mass is 975 g/mol. The Morgan fingerprint density at radius 2 is 1.16 bits per heavy atom. The highest BCUT2D eigenvalue weighted by atomic mass is 32.3. The maximum Gasteiger partial charge on any atom is 0.398 e. The summed E-state index contributed by atoms with van der Waals surface area (Å²) < 4.78 is 173. The van der Waals surface area contributed by atoms with Crippen molar-refractivity contribution in [2.75, 3.05) is 37.4 Å². The summed E-state index contributed by atoms with van der Waals surface area (Å²) in [7, 11) is -22.8. The molecule has 0 aromatic heterocycles. The zero-order valence-corrected chi connectivity index (χ0v) is 35.6. The first-order chi connectivity index (χ1) is 29.1. The van der Waals surface area contributed by atoms with Gasteiger partial charge in [0.2, 0.25) is 9.84 Å². The number of aromatic hydroxyl groups is 1. The van der Waals surface area contributed by atoms with Gasteiger partial charge >= 0.3 is 10.4 Å². The van der Waals surface area contributed by atoms with Gasteiger partial charge in [-0.25, -0.2) is 12.6 Å². The lowest BCUT2D eigenvalue weighted by molar-refractivity contribution is 0.305. The molecule has 5 aromatic carbocycles. The SMILES string of the molecule is COc1cc(S(=O)(=O)COS(=O)(=O)O)c(OC)cc1N=Nc1c(N)c(N=Nc2ccc(N=Nc3c(N)ccc4cc(S(=O)(=O)O)cc(O)c34)c(S(=O)(=O)O)c2)cc(S(=O)(=O)O)c1N. The molecule has 0 spiro atoms. The number of fused-ring (bicyclic) bond motifs is 1. The molecule has 0 atom stereocenters. The third kappa shape index (κ3) is 10.8. The average molecular weight is 976 g/mol. The summed E-state index contributed by atoms with van der Waals surface area (Å²) in [6.45, 7) is 0. The molecule has 0 aliphatic rings. The van der Waals surface area contributed by atoms with Crippen molar-refractivity contribution in [3.8, 4) is 17.2 Å². The third-order valence-corrected chi connectivity index (χ3v) is 12.7. The van der Waals surface area contributed by atoms with Crippen LogP contribution in [0.5, 0.6) is 17.2 Å². The lowest BCUT2D eigenvalue weighted by atomic mass is 10.1. The molecule has 0 heterocycles. The molecule has 5 aromatic rings. The van der Waals surface area contributed by atoms with Crippen LogP contribution < -0.4 is 26.7 Å². The second kappa shape index (κ2) is 17.3. The van der Waals surface area contributed by atoms with Gasteiger partial charge in [0.15, 0.2) is 5.94 Å². The van der Waals surface area contributed by atoms with Crippen molar-refractivity contribution in [2.45, 2.75) is 19.6 Å². The third-order valence-electron chi connectivity index (χ3n) is 8.13. The quantitative estimate of drug-likeness (QED) is 0.0395. The Hall–Kier alpha value is -6.49. The van der Waals surface area contributed by atoms with Crippen LogP contribution in [0.3, 0.4) is 0 Å². The minimum atomic E-state index is -5.18. The smallest absolute Gasteiger partial charge is 0.398 e. The number of anilines is 3. The number of nitrogens with zero attached hydrogens (tertiary/aromatic N) is 6. The van der Waals surface area contributed by atoms with Crippen LogP contribution in [0.25, 0.3) is 10.8 Å². The van der Waals surface area contributed by atoms with Crippen LogP contribution in [0.1, 0.15) is 0 Å². The van der Waals surface area contributed by atoms with Crippen molar-refractivity contribution in [3.63, 3.8) is 0 Å². The molecule has 32 heteroatoms. The van der Waals surface area contributed by atoms with E-state index in [1.54, 1.807) is 0 Å². The summed E-state index contributed by atoms with van der Waals surface area (Å²) in [4.78, 5) is -3.30. The van der Waals surface area contributed by atoms with Gasteiger partial charge in [-0.1, -0.05) is 6.07 Å². The van der Waals surface area contributed by atoms with Crippen molar-refractivity contribution < 1.29 is 79.1 Å². The first kappa shape index (κ1) is 47.6. The number of rotatable bonds is 15. The minimum Gasteiger partial charge on any atom is -0.507 e. The highest BCUT2D eigenvalue weighted by Crippen LogP contribution is 2.46. The number of nitrogen functional groups attached to an aromatic ring is 3. The molecular weight excluding hydrogens is 947 g/mol. The van der Waals surface area contributed by atoms with Gasteiger partial charge in [-0.05, 0) is 41.8 Å². The van der Waals surface area contributed by atoms with E-state index in [2.05, 4.69) is 34.9 Å². The molecule has 11 N–H and O–H groups in total. The fraction of sp³-hybridized carbons (Fsp3) is 0.0968. The van der Waals surface area contributed by atoms with Crippen molar-refractivity contribution in [3.05, 3.63) is 60.7 Å². The number of hydrogen-bond acceptors (Lipinski definition) is 23. The molecule has 0 fully saturated rings. The number of hydrogen-bond donors (Lipinski definition) is 8. The van der Waals surface area contributed by atoms with Gasteiger partial charge in [-0.15, -0.1) is 25.6 Å². The van der Waals surface area contributed by atoms with E-state index in [1.165, 1.54) is 12.1 Å². The second-order valence-corrected chi connectivity index (χ2v) is 19.4. The lowest BCUT2D eigenvalue weighted by Crippen LogP contribution is -2.15. The Balaban J connectivity index is 1.57. The van der Waals surface area contributed by atoms with E-state index >= 15 is 0 Å². The van der Waals surface area contributed by atoms with E-state index in [4.69, 9.17) is 31.2 Å². The number of methoxy groups -OCH3 is 2.